The summed E-state index contributed by atoms with van der Waals surface area (Å²) in [5, 5.41) is 0. The highest BCUT2D eigenvalue weighted by molar-refractivity contribution is 9.11. The molecule has 20 heavy (non-hydrogen) atoms. The average Bonchev–Trinajstić information content (AvgIpc) is 2.40. The Morgan fingerprint density at radius 1 is 1.00 bits per heavy atom. The second-order valence-electron chi connectivity index (χ2n) is 4.04. The number of methoxy groups -OCH3 is 1. The zero-order valence-electron chi connectivity index (χ0n) is 10.3. The minimum absolute atomic E-state index is 0.260. The number of benzene rings is 2. The molecular formula is C14H9Br3F2O. The number of hydrogen-bond acceptors (Lipinski definition) is 1. The third kappa shape index (κ3) is 3.23. The minimum Gasteiger partial charge on any atom is -0.496 e. The van der Waals surface area contributed by atoms with Crippen LogP contribution < -0.4 is 4.74 Å². The highest BCUT2D eigenvalue weighted by Gasteiger charge is 2.20. The lowest BCUT2D eigenvalue weighted by Crippen LogP contribution is -2.00. The van der Waals surface area contributed by atoms with Gasteiger partial charge in [-0.15, -0.1) is 0 Å². The SMILES string of the molecule is COc1cc(F)c(Br)cc1C(Br)c1ccc(F)cc1Br. The zero-order valence-corrected chi connectivity index (χ0v) is 15.0. The third-order valence-electron chi connectivity index (χ3n) is 2.78. The number of ether oxygens (including phenoxy) is 1. The van der Waals surface area contributed by atoms with Crippen molar-refractivity contribution >= 4 is 47.8 Å². The van der Waals surface area contributed by atoms with E-state index in [2.05, 4.69) is 47.8 Å². The van der Waals surface area contributed by atoms with Crippen molar-refractivity contribution in [3.8, 4) is 5.75 Å². The van der Waals surface area contributed by atoms with Gasteiger partial charge in [0.15, 0.2) is 0 Å². The van der Waals surface area contributed by atoms with E-state index in [0.29, 0.717) is 14.7 Å². The highest BCUT2D eigenvalue weighted by Crippen LogP contribution is 2.41. The maximum atomic E-state index is 13.5. The molecule has 1 atom stereocenters. The van der Waals surface area contributed by atoms with Gasteiger partial charge < -0.3 is 4.74 Å². The Morgan fingerprint density at radius 3 is 2.30 bits per heavy atom. The Morgan fingerprint density at radius 2 is 1.70 bits per heavy atom. The van der Waals surface area contributed by atoms with Gasteiger partial charge in [-0.25, -0.2) is 8.78 Å². The molecule has 0 aliphatic rings. The van der Waals surface area contributed by atoms with E-state index < -0.39 is 5.82 Å². The summed E-state index contributed by atoms with van der Waals surface area (Å²) in [4.78, 5) is -0.260. The molecular weight excluding hydrogens is 462 g/mol. The lowest BCUT2D eigenvalue weighted by atomic mass is 10.0. The Bertz CT molecular complexity index is 647. The molecule has 2 aromatic rings. The molecule has 106 valence electrons. The Balaban J connectivity index is 2.52. The summed E-state index contributed by atoms with van der Waals surface area (Å²) in [6, 6.07) is 7.37. The van der Waals surface area contributed by atoms with Gasteiger partial charge in [0.2, 0.25) is 0 Å². The first kappa shape index (κ1) is 15.9. The summed E-state index contributed by atoms with van der Waals surface area (Å²) in [5.74, 6) is -0.306. The van der Waals surface area contributed by atoms with Gasteiger partial charge >= 0.3 is 0 Å². The maximum Gasteiger partial charge on any atom is 0.141 e. The van der Waals surface area contributed by atoms with E-state index in [1.165, 1.54) is 25.3 Å². The summed E-state index contributed by atoms with van der Waals surface area (Å²) >= 11 is 10.0. The van der Waals surface area contributed by atoms with E-state index in [9.17, 15) is 8.78 Å². The molecule has 0 spiro atoms. The van der Waals surface area contributed by atoms with E-state index in [4.69, 9.17) is 4.74 Å². The molecule has 0 amide bonds. The van der Waals surface area contributed by atoms with Gasteiger partial charge in [0.05, 0.1) is 16.4 Å². The number of hydrogen-bond donors (Lipinski definition) is 0. The van der Waals surface area contributed by atoms with E-state index in [1.54, 1.807) is 12.1 Å². The van der Waals surface area contributed by atoms with Gasteiger partial charge in [-0.3, -0.25) is 0 Å². The molecule has 0 heterocycles. The van der Waals surface area contributed by atoms with Crippen LogP contribution in [0.15, 0.2) is 39.3 Å². The van der Waals surface area contributed by atoms with Crippen molar-refractivity contribution in [3.63, 3.8) is 0 Å². The first-order chi connectivity index (χ1) is 9.43. The van der Waals surface area contributed by atoms with Gasteiger partial charge in [-0.1, -0.05) is 37.9 Å². The van der Waals surface area contributed by atoms with Gasteiger partial charge in [-0.05, 0) is 39.7 Å². The quantitative estimate of drug-likeness (QED) is 0.501. The van der Waals surface area contributed by atoms with Gasteiger partial charge in [0, 0.05) is 16.1 Å². The van der Waals surface area contributed by atoms with E-state index in [-0.39, 0.29) is 10.6 Å². The van der Waals surface area contributed by atoms with Crippen molar-refractivity contribution in [3.05, 3.63) is 62.0 Å². The summed E-state index contributed by atoms with van der Waals surface area (Å²) in [5.41, 5.74) is 1.57. The monoisotopic (exact) mass is 468 g/mol. The molecule has 1 nitrogen and oxygen atoms in total. The van der Waals surface area contributed by atoms with Crippen LogP contribution in [-0.4, -0.2) is 7.11 Å². The van der Waals surface area contributed by atoms with Crippen molar-refractivity contribution in [1.29, 1.82) is 0 Å². The Kier molecular flexibility index (Phi) is 5.20. The Hall–Kier alpha value is -0.460. The van der Waals surface area contributed by atoms with Crippen molar-refractivity contribution in [1.82, 2.24) is 0 Å². The predicted molar refractivity (Wildman–Crippen MR) is 85.5 cm³/mol. The number of rotatable bonds is 3. The van der Waals surface area contributed by atoms with Crippen LogP contribution in [0.3, 0.4) is 0 Å². The second kappa shape index (κ2) is 6.54. The van der Waals surface area contributed by atoms with Gasteiger partial charge in [-0.2, -0.15) is 0 Å². The largest absolute Gasteiger partial charge is 0.496 e. The van der Waals surface area contributed by atoms with Crippen molar-refractivity contribution < 1.29 is 13.5 Å². The molecule has 0 saturated carbocycles. The predicted octanol–water partition coefficient (Wildman–Crippen LogP) is 5.98. The molecule has 0 aromatic heterocycles. The molecule has 0 radical (unpaired) electrons. The molecule has 0 saturated heterocycles. The fourth-order valence-corrected chi connectivity index (χ4v) is 3.80. The summed E-state index contributed by atoms with van der Waals surface area (Å²) < 4.78 is 32.9. The molecule has 0 bridgehead atoms. The maximum absolute atomic E-state index is 13.5. The van der Waals surface area contributed by atoms with E-state index in [0.717, 1.165) is 11.1 Å². The van der Waals surface area contributed by atoms with Crippen molar-refractivity contribution in [2.24, 2.45) is 0 Å². The summed E-state index contributed by atoms with van der Waals surface area (Å²) in [7, 11) is 1.48. The van der Waals surface area contributed by atoms with Crippen LogP contribution in [0.2, 0.25) is 0 Å². The van der Waals surface area contributed by atoms with Crippen LogP contribution in [0.25, 0.3) is 0 Å². The molecule has 2 aromatic carbocycles. The normalized spacial score (nSPS) is 12.3. The smallest absolute Gasteiger partial charge is 0.141 e. The zero-order chi connectivity index (χ0) is 14.9. The number of alkyl halides is 1. The number of halogens is 5. The molecule has 0 aliphatic carbocycles. The van der Waals surface area contributed by atoms with Crippen molar-refractivity contribution in [2.75, 3.05) is 7.11 Å². The van der Waals surface area contributed by atoms with Gasteiger partial charge in [0.1, 0.15) is 17.4 Å². The fraction of sp³-hybridized carbons (Fsp3) is 0.143. The first-order valence-corrected chi connectivity index (χ1v) is 8.06. The fourth-order valence-electron chi connectivity index (χ4n) is 1.79. The van der Waals surface area contributed by atoms with Crippen molar-refractivity contribution in [2.45, 2.75) is 4.83 Å². The summed E-state index contributed by atoms with van der Waals surface area (Å²) in [6.07, 6.45) is 0. The Labute approximate surface area is 140 Å². The lowest BCUT2D eigenvalue weighted by Gasteiger charge is -2.17. The van der Waals surface area contributed by atoms with E-state index in [1.807, 2.05) is 0 Å². The van der Waals surface area contributed by atoms with Crippen LogP contribution in [0.1, 0.15) is 16.0 Å². The van der Waals surface area contributed by atoms with Crippen LogP contribution in [0.5, 0.6) is 5.75 Å². The minimum atomic E-state index is -0.400. The van der Waals surface area contributed by atoms with E-state index >= 15 is 0 Å². The molecule has 2 rings (SSSR count). The standard InChI is InChI=1S/C14H9Br3F2O/c1-20-13-6-12(19)11(16)5-9(13)14(17)8-3-2-7(18)4-10(8)15/h2-6,14H,1H3. The molecule has 0 N–H and O–H groups in total. The highest BCUT2D eigenvalue weighted by atomic mass is 79.9. The second-order valence-corrected chi connectivity index (χ2v) is 6.66. The average molecular weight is 471 g/mol. The van der Waals surface area contributed by atoms with Gasteiger partial charge in [0.25, 0.3) is 0 Å². The van der Waals surface area contributed by atoms with Crippen LogP contribution in [0, 0.1) is 11.6 Å². The topological polar surface area (TPSA) is 9.23 Å². The lowest BCUT2D eigenvalue weighted by molar-refractivity contribution is 0.406. The molecule has 1 unspecified atom stereocenters. The summed E-state index contributed by atoms with van der Waals surface area (Å²) in [6.45, 7) is 0. The van der Waals surface area contributed by atoms with Crippen LogP contribution in [0.4, 0.5) is 8.78 Å². The first-order valence-electron chi connectivity index (χ1n) is 5.56. The third-order valence-corrected chi connectivity index (χ3v) is 5.06. The van der Waals surface area contributed by atoms with Crippen LogP contribution in [-0.2, 0) is 0 Å². The molecule has 0 fully saturated rings. The molecule has 0 aliphatic heterocycles. The molecule has 6 heteroatoms. The van der Waals surface area contributed by atoms with Crippen LogP contribution >= 0.6 is 47.8 Å².